The number of rotatable bonds is 7. The van der Waals surface area contributed by atoms with Gasteiger partial charge in [-0.05, 0) is 12.8 Å². The Hall–Kier alpha value is -1.14. The first kappa shape index (κ1) is 16.9. The smallest absolute Gasteiger partial charge is 0.311 e. The van der Waals surface area contributed by atoms with E-state index in [0.29, 0.717) is 19.6 Å². The van der Waals surface area contributed by atoms with Gasteiger partial charge >= 0.3 is 11.8 Å². The molecule has 0 spiro atoms. The standard InChI is InChI=1S/C14H27N3O3/c1-3-6-17(7-4-2)14(19)13(18)15-5-8-16-9-11-20-12-10-16/h3-12H2,1-2H3,(H,15,18). The van der Waals surface area contributed by atoms with Gasteiger partial charge in [0.15, 0.2) is 0 Å². The molecule has 0 aliphatic carbocycles. The Morgan fingerprint density at radius 1 is 1.15 bits per heavy atom. The number of hydrogen-bond donors (Lipinski definition) is 1. The molecule has 0 aromatic rings. The Labute approximate surface area is 121 Å². The third kappa shape index (κ3) is 5.88. The zero-order chi connectivity index (χ0) is 14.8. The molecule has 0 saturated carbocycles. The van der Waals surface area contributed by atoms with Gasteiger partial charge in [0.25, 0.3) is 0 Å². The van der Waals surface area contributed by atoms with Gasteiger partial charge in [-0.25, -0.2) is 0 Å². The Kier molecular flexibility index (Phi) is 8.22. The first-order valence-electron chi connectivity index (χ1n) is 7.56. The summed E-state index contributed by atoms with van der Waals surface area (Å²) in [6.07, 6.45) is 1.74. The lowest BCUT2D eigenvalue weighted by atomic mass is 10.3. The van der Waals surface area contributed by atoms with E-state index >= 15 is 0 Å². The lowest BCUT2D eigenvalue weighted by Gasteiger charge is -2.26. The Morgan fingerprint density at radius 3 is 2.30 bits per heavy atom. The van der Waals surface area contributed by atoms with Crippen molar-refractivity contribution in [3.05, 3.63) is 0 Å². The number of ether oxygens (including phenoxy) is 1. The van der Waals surface area contributed by atoms with E-state index in [1.807, 2.05) is 13.8 Å². The lowest BCUT2D eigenvalue weighted by Crippen LogP contribution is -2.46. The van der Waals surface area contributed by atoms with Gasteiger partial charge in [-0.1, -0.05) is 13.8 Å². The molecule has 0 unspecified atom stereocenters. The van der Waals surface area contributed by atoms with Gasteiger partial charge in [-0.15, -0.1) is 0 Å². The van der Waals surface area contributed by atoms with Crippen LogP contribution >= 0.6 is 0 Å². The summed E-state index contributed by atoms with van der Waals surface area (Å²) < 4.78 is 5.26. The van der Waals surface area contributed by atoms with Crippen LogP contribution in [0.25, 0.3) is 0 Å². The lowest BCUT2D eigenvalue weighted by molar-refractivity contribution is -0.145. The largest absolute Gasteiger partial charge is 0.379 e. The highest BCUT2D eigenvalue weighted by atomic mass is 16.5. The second kappa shape index (κ2) is 9.72. The molecule has 0 atom stereocenters. The Morgan fingerprint density at radius 2 is 1.75 bits per heavy atom. The first-order chi connectivity index (χ1) is 9.69. The highest BCUT2D eigenvalue weighted by Crippen LogP contribution is 1.97. The maximum atomic E-state index is 12.0. The zero-order valence-electron chi connectivity index (χ0n) is 12.7. The maximum absolute atomic E-state index is 12.0. The molecule has 6 heteroatoms. The van der Waals surface area contributed by atoms with E-state index in [1.165, 1.54) is 0 Å². The Balaban J connectivity index is 2.27. The molecule has 1 aliphatic rings. The quantitative estimate of drug-likeness (QED) is 0.673. The van der Waals surface area contributed by atoms with Gasteiger partial charge in [0.2, 0.25) is 0 Å². The summed E-state index contributed by atoms with van der Waals surface area (Å²) in [7, 11) is 0. The highest BCUT2D eigenvalue weighted by molar-refractivity contribution is 6.35. The van der Waals surface area contributed by atoms with Gasteiger partial charge in [0, 0.05) is 39.3 Å². The second-order valence-electron chi connectivity index (χ2n) is 5.00. The van der Waals surface area contributed by atoms with Crippen LogP contribution in [-0.4, -0.2) is 74.1 Å². The second-order valence-corrected chi connectivity index (χ2v) is 5.00. The minimum absolute atomic E-state index is 0.407. The van der Waals surface area contributed by atoms with Crippen molar-refractivity contribution in [1.29, 1.82) is 0 Å². The molecule has 0 radical (unpaired) electrons. The summed E-state index contributed by atoms with van der Waals surface area (Å²) in [6, 6.07) is 0. The van der Waals surface area contributed by atoms with Crippen LogP contribution in [0, 0.1) is 0 Å². The van der Waals surface area contributed by atoms with E-state index in [4.69, 9.17) is 4.74 Å². The fourth-order valence-electron chi connectivity index (χ4n) is 2.23. The van der Waals surface area contributed by atoms with Gasteiger partial charge < -0.3 is 15.0 Å². The van der Waals surface area contributed by atoms with Crippen molar-refractivity contribution >= 4 is 11.8 Å². The molecule has 1 rings (SSSR count). The first-order valence-corrected chi connectivity index (χ1v) is 7.56. The van der Waals surface area contributed by atoms with Crippen LogP contribution in [0.2, 0.25) is 0 Å². The molecule has 1 saturated heterocycles. The minimum atomic E-state index is -0.486. The predicted octanol–water partition coefficient (Wildman–Crippen LogP) is 0.0834. The molecule has 0 aromatic heterocycles. The number of hydrogen-bond acceptors (Lipinski definition) is 4. The molecular formula is C14H27N3O3. The van der Waals surface area contributed by atoms with Crippen LogP contribution in [0.1, 0.15) is 26.7 Å². The van der Waals surface area contributed by atoms with Crippen molar-refractivity contribution in [2.45, 2.75) is 26.7 Å². The molecule has 1 aliphatic heterocycles. The third-order valence-electron chi connectivity index (χ3n) is 3.29. The van der Waals surface area contributed by atoms with Crippen LogP contribution in [-0.2, 0) is 14.3 Å². The van der Waals surface area contributed by atoms with Crippen molar-refractivity contribution in [1.82, 2.24) is 15.1 Å². The number of carbonyl (C=O) groups excluding carboxylic acids is 2. The van der Waals surface area contributed by atoms with Crippen LogP contribution in [0.15, 0.2) is 0 Å². The monoisotopic (exact) mass is 285 g/mol. The van der Waals surface area contributed by atoms with E-state index in [2.05, 4.69) is 10.2 Å². The predicted molar refractivity (Wildman–Crippen MR) is 77.4 cm³/mol. The molecule has 0 bridgehead atoms. The molecule has 6 nitrogen and oxygen atoms in total. The van der Waals surface area contributed by atoms with Crippen molar-refractivity contribution in [3.63, 3.8) is 0 Å². The van der Waals surface area contributed by atoms with Crippen molar-refractivity contribution in [2.24, 2.45) is 0 Å². The number of nitrogens with zero attached hydrogens (tertiary/aromatic N) is 2. The molecule has 0 aromatic carbocycles. The molecule has 1 fully saturated rings. The molecule has 1 N–H and O–H groups in total. The van der Waals surface area contributed by atoms with Crippen LogP contribution < -0.4 is 5.32 Å². The molecule has 116 valence electrons. The molecule has 1 heterocycles. The van der Waals surface area contributed by atoms with Gasteiger partial charge in [0.1, 0.15) is 0 Å². The summed E-state index contributed by atoms with van der Waals surface area (Å²) in [6.45, 7) is 9.84. The van der Waals surface area contributed by atoms with E-state index in [1.54, 1.807) is 4.90 Å². The number of nitrogens with one attached hydrogen (secondary N) is 1. The average Bonchev–Trinajstić information content (AvgIpc) is 2.47. The summed E-state index contributed by atoms with van der Waals surface area (Å²) in [4.78, 5) is 27.7. The zero-order valence-corrected chi connectivity index (χ0v) is 12.7. The average molecular weight is 285 g/mol. The van der Waals surface area contributed by atoms with Crippen molar-refractivity contribution in [2.75, 3.05) is 52.5 Å². The fourth-order valence-corrected chi connectivity index (χ4v) is 2.23. The van der Waals surface area contributed by atoms with E-state index in [-0.39, 0.29) is 0 Å². The summed E-state index contributed by atoms with van der Waals surface area (Å²) in [5, 5.41) is 2.71. The topological polar surface area (TPSA) is 61.9 Å². The Bertz CT molecular complexity index is 298. The number of amides is 2. The molecule has 2 amide bonds. The third-order valence-corrected chi connectivity index (χ3v) is 3.29. The van der Waals surface area contributed by atoms with E-state index < -0.39 is 11.8 Å². The molecular weight excluding hydrogens is 258 g/mol. The number of morpholine rings is 1. The SMILES string of the molecule is CCCN(CCC)C(=O)C(=O)NCCN1CCOCC1. The van der Waals surface area contributed by atoms with Crippen LogP contribution in [0.4, 0.5) is 0 Å². The van der Waals surface area contributed by atoms with Crippen molar-refractivity contribution in [3.8, 4) is 0 Å². The van der Waals surface area contributed by atoms with E-state index in [9.17, 15) is 9.59 Å². The minimum Gasteiger partial charge on any atom is -0.379 e. The van der Waals surface area contributed by atoms with Gasteiger partial charge in [0.05, 0.1) is 13.2 Å². The van der Waals surface area contributed by atoms with Crippen molar-refractivity contribution < 1.29 is 14.3 Å². The molecule has 20 heavy (non-hydrogen) atoms. The fraction of sp³-hybridized carbons (Fsp3) is 0.857. The summed E-state index contributed by atoms with van der Waals surface area (Å²) >= 11 is 0. The number of carbonyl (C=O) groups is 2. The highest BCUT2D eigenvalue weighted by Gasteiger charge is 2.20. The van der Waals surface area contributed by atoms with Gasteiger partial charge in [-0.3, -0.25) is 14.5 Å². The van der Waals surface area contributed by atoms with Crippen LogP contribution in [0.5, 0.6) is 0 Å². The summed E-state index contributed by atoms with van der Waals surface area (Å²) in [5.74, 6) is -0.893. The maximum Gasteiger partial charge on any atom is 0.311 e. The van der Waals surface area contributed by atoms with E-state index in [0.717, 1.165) is 45.7 Å². The van der Waals surface area contributed by atoms with Crippen LogP contribution in [0.3, 0.4) is 0 Å². The van der Waals surface area contributed by atoms with Gasteiger partial charge in [-0.2, -0.15) is 0 Å². The normalized spacial score (nSPS) is 15.9. The summed E-state index contributed by atoms with van der Waals surface area (Å²) in [5.41, 5.74) is 0.